The van der Waals surface area contributed by atoms with E-state index in [1.54, 1.807) is 19.9 Å². The number of nitrogens with zero attached hydrogens (tertiary/aromatic N) is 2. The topological polar surface area (TPSA) is 84.2 Å². The molecule has 1 amide bonds. The molecular weight excluding hydrogens is 270 g/mol. The van der Waals surface area contributed by atoms with Crippen molar-refractivity contribution in [2.24, 2.45) is 5.41 Å². The first-order chi connectivity index (χ1) is 9.72. The maximum absolute atomic E-state index is 12.1. The molecule has 1 aromatic heterocycles. The van der Waals surface area contributed by atoms with Crippen LogP contribution in [0.2, 0.25) is 0 Å². The minimum Gasteiger partial charge on any atom is -0.481 e. The minimum absolute atomic E-state index is 0.0675. The molecule has 21 heavy (non-hydrogen) atoms. The maximum atomic E-state index is 12.1. The van der Waals surface area contributed by atoms with Crippen LogP contribution in [0.25, 0.3) is 0 Å². The Morgan fingerprint density at radius 2 is 1.95 bits per heavy atom. The molecule has 0 aliphatic heterocycles. The van der Waals surface area contributed by atoms with E-state index >= 15 is 0 Å². The van der Waals surface area contributed by atoms with E-state index in [2.05, 4.69) is 24.3 Å². The van der Waals surface area contributed by atoms with Crippen molar-refractivity contribution < 1.29 is 14.7 Å². The molecule has 6 heteroatoms. The molecule has 0 spiro atoms. The van der Waals surface area contributed by atoms with Crippen molar-refractivity contribution in [1.29, 1.82) is 0 Å². The van der Waals surface area contributed by atoms with Crippen LogP contribution in [-0.4, -0.2) is 33.3 Å². The lowest BCUT2D eigenvalue weighted by Gasteiger charge is -2.19. The average molecular weight is 295 g/mol. The van der Waals surface area contributed by atoms with Gasteiger partial charge in [-0.05, 0) is 39.7 Å². The summed E-state index contributed by atoms with van der Waals surface area (Å²) in [4.78, 5) is 23.1. The summed E-state index contributed by atoms with van der Waals surface area (Å²) in [5.41, 5.74) is 0.273. The number of hydrogen-bond acceptors (Lipinski definition) is 3. The van der Waals surface area contributed by atoms with Gasteiger partial charge in [-0.2, -0.15) is 5.10 Å². The molecule has 6 nitrogen and oxygen atoms in total. The molecule has 0 unspecified atom stereocenters. The molecule has 0 radical (unpaired) electrons. The highest BCUT2D eigenvalue weighted by Gasteiger charge is 2.28. The lowest BCUT2D eigenvalue weighted by atomic mass is 9.94. The Balaban J connectivity index is 2.81. The summed E-state index contributed by atoms with van der Waals surface area (Å²) in [5.74, 6) is -1.28. The highest BCUT2D eigenvalue weighted by Crippen LogP contribution is 2.18. The summed E-state index contributed by atoms with van der Waals surface area (Å²) in [6, 6.07) is 2.02. The first-order valence-electron chi connectivity index (χ1n) is 7.30. The van der Waals surface area contributed by atoms with Gasteiger partial charge in [0.05, 0.1) is 11.5 Å². The van der Waals surface area contributed by atoms with E-state index in [9.17, 15) is 9.59 Å². The maximum Gasteiger partial charge on any atom is 0.310 e. The van der Waals surface area contributed by atoms with Crippen molar-refractivity contribution in [3.63, 3.8) is 0 Å². The van der Waals surface area contributed by atoms with Gasteiger partial charge >= 0.3 is 5.97 Å². The monoisotopic (exact) mass is 295 g/mol. The number of aromatic nitrogens is 2. The third-order valence-electron chi connectivity index (χ3n) is 3.71. The zero-order valence-corrected chi connectivity index (χ0v) is 13.4. The number of carboxylic acids is 1. The molecule has 1 heterocycles. The Morgan fingerprint density at radius 1 is 1.38 bits per heavy atom. The van der Waals surface area contributed by atoms with Gasteiger partial charge in [0.2, 0.25) is 0 Å². The quantitative estimate of drug-likeness (QED) is 0.809. The number of carboxylic acid groups (broad SMARTS) is 1. The van der Waals surface area contributed by atoms with Crippen LogP contribution in [0, 0.1) is 12.3 Å². The molecule has 0 aliphatic carbocycles. The number of carbonyl (C=O) groups excluding carboxylic acids is 1. The van der Waals surface area contributed by atoms with E-state index in [-0.39, 0.29) is 18.5 Å². The van der Waals surface area contributed by atoms with E-state index in [0.29, 0.717) is 5.69 Å². The van der Waals surface area contributed by atoms with Gasteiger partial charge in [-0.1, -0.05) is 13.8 Å². The number of rotatable bonds is 7. The second-order valence-corrected chi connectivity index (χ2v) is 5.96. The Labute approximate surface area is 125 Å². The highest BCUT2D eigenvalue weighted by molar-refractivity contribution is 5.92. The predicted octanol–water partition coefficient (Wildman–Crippen LogP) is 2.39. The van der Waals surface area contributed by atoms with Crippen molar-refractivity contribution in [1.82, 2.24) is 15.1 Å². The van der Waals surface area contributed by atoms with Crippen molar-refractivity contribution in [3.8, 4) is 0 Å². The van der Waals surface area contributed by atoms with E-state index in [1.165, 1.54) is 0 Å². The van der Waals surface area contributed by atoms with E-state index < -0.39 is 11.4 Å². The minimum atomic E-state index is -0.997. The van der Waals surface area contributed by atoms with Gasteiger partial charge in [0.15, 0.2) is 0 Å². The summed E-state index contributed by atoms with van der Waals surface area (Å²) < 4.78 is 1.87. The van der Waals surface area contributed by atoms with Gasteiger partial charge in [-0.15, -0.1) is 0 Å². The third-order valence-corrected chi connectivity index (χ3v) is 3.71. The molecule has 0 aromatic carbocycles. The van der Waals surface area contributed by atoms with Crippen molar-refractivity contribution in [2.45, 2.75) is 53.5 Å². The summed E-state index contributed by atoms with van der Waals surface area (Å²) >= 11 is 0. The lowest BCUT2D eigenvalue weighted by molar-refractivity contribution is -0.146. The van der Waals surface area contributed by atoms with Crippen LogP contribution >= 0.6 is 0 Å². The van der Waals surface area contributed by atoms with Crippen LogP contribution in [0.4, 0.5) is 0 Å². The van der Waals surface area contributed by atoms with Gasteiger partial charge < -0.3 is 10.4 Å². The highest BCUT2D eigenvalue weighted by atomic mass is 16.4. The molecule has 2 N–H and O–H groups in total. The normalized spacial score (nSPS) is 11.7. The Morgan fingerprint density at radius 3 is 2.43 bits per heavy atom. The lowest BCUT2D eigenvalue weighted by Crippen LogP contribution is -2.39. The van der Waals surface area contributed by atoms with E-state index in [0.717, 1.165) is 18.5 Å². The molecule has 118 valence electrons. The summed E-state index contributed by atoms with van der Waals surface area (Å²) in [6.07, 6.45) is 1.90. The Kier molecular flexibility index (Phi) is 5.52. The average Bonchev–Trinajstić information content (AvgIpc) is 2.80. The number of nitrogens with one attached hydrogen (secondary N) is 1. The van der Waals surface area contributed by atoms with Crippen LogP contribution in [0.3, 0.4) is 0 Å². The number of amides is 1. The second kappa shape index (κ2) is 6.74. The number of aliphatic carboxylic acids is 1. The largest absolute Gasteiger partial charge is 0.481 e. The molecule has 0 saturated heterocycles. The summed E-state index contributed by atoms with van der Waals surface area (Å²) in [5, 5.41) is 16.0. The smallest absolute Gasteiger partial charge is 0.310 e. The molecular formula is C15H25N3O3. The molecule has 0 fully saturated rings. The van der Waals surface area contributed by atoms with Crippen molar-refractivity contribution in [3.05, 3.63) is 17.5 Å². The van der Waals surface area contributed by atoms with Crippen LogP contribution in [0.15, 0.2) is 6.07 Å². The van der Waals surface area contributed by atoms with Crippen LogP contribution in [0.5, 0.6) is 0 Å². The van der Waals surface area contributed by atoms with Gasteiger partial charge in [-0.3, -0.25) is 14.3 Å². The molecule has 1 rings (SSSR count). The van der Waals surface area contributed by atoms with E-state index in [1.807, 2.05) is 11.6 Å². The molecule has 0 saturated carbocycles. The van der Waals surface area contributed by atoms with Crippen molar-refractivity contribution >= 4 is 11.9 Å². The van der Waals surface area contributed by atoms with Crippen LogP contribution < -0.4 is 5.32 Å². The second-order valence-electron chi connectivity index (χ2n) is 5.96. The number of carbonyl (C=O) groups is 2. The van der Waals surface area contributed by atoms with Gasteiger partial charge in [0.1, 0.15) is 5.69 Å². The molecule has 0 aliphatic rings. The standard InChI is InChI=1S/C15H25N3O3/c1-6-11(7-2)18-10(3)8-12(17-18)13(19)16-9-15(4,5)14(20)21/h8,11H,6-7,9H2,1-5H3,(H,16,19)(H,20,21). The van der Waals surface area contributed by atoms with Crippen LogP contribution in [-0.2, 0) is 4.79 Å². The Hall–Kier alpha value is -1.85. The first-order valence-corrected chi connectivity index (χ1v) is 7.30. The SMILES string of the molecule is CCC(CC)n1nc(C(=O)NCC(C)(C)C(=O)O)cc1C. The van der Waals surface area contributed by atoms with Gasteiger partial charge in [-0.25, -0.2) is 0 Å². The fourth-order valence-electron chi connectivity index (χ4n) is 2.07. The zero-order valence-electron chi connectivity index (χ0n) is 13.4. The number of hydrogen-bond donors (Lipinski definition) is 2. The van der Waals surface area contributed by atoms with Crippen molar-refractivity contribution in [2.75, 3.05) is 6.54 Å². The first kappa shape index (κ1) is 17.2. The number of aryl methyl sites for hydroxylation is 1. The fourth-order valence-corrected chi connectivity index (χ4v) is 2.07. The van der Waals surface area contributed by atoms with Crippen LogP contribution in [0.1, 0.15) is 62.8 Å². The zero-order chi connectivity index (χ0) is 16.2. The van der Waals surface area contributed by atoms with Gasteiger partial charge in [0.25, 0.3) is 5.91 Å². The predicted molar refractivity (Wildman–Crippen MR) is 80.3 cm³/mol. The molecule has 0 atom stereocenters. The van der Waals surface area contributed by atoms with E-state index in [4.69, 9.17) is 5.11 Å². The summed E-state index contributed by atoms with van der Waals surface area (Å²) in [6.45, 7) is 9.31. The fraction of sp³-hybridized carbons (Fsp3) is 0.667. The Bertz CT molecular complexity index is 516. The summed E-state index contributed by atoms with van der Waals surface area (Å²) in [7, 11) is 0. The van der Waals surface area contributed by atoms with Gasteiger partial charge in [0, 0.05) is 12.2 Å². The molecule has 1 aromatic rings. The molecule has 0 bridgehead atoms. The third kappa shape index (κ3) is 4.06.